The van der Waals surface area contributed by atoms with Crippen molar-refractivity contribution in [3.05, 3.63) is 29.6 Å². The van der Waals surface area contributed by atoms with Crippen molar-refractivity contribution in [3.8, 4) is 0 Å². The second kappa shape index (κ2) is 7.72. The van der Waals surface area contributed by atoms with Crippen molar-refractivity contribution >= 4 is 0 Å². The smallest absolute Gasteiger partial charge is 0.0574 e. The first-order chi connectivity index (χ1) is 9.66. The molecule has 0 radical (unpaired) electrons. The fourth-order valence-corrected chi connectivity index (χ4v) is 2.61. The first kappa shape index (κ1) is 15.4. The molecule has 2 heterocycles. The molecule has 2 N–H and O–H groups in total. The van der Waals surface area contributed by atoms with Gasteiger partial charge in [-0.2, -0.15) is 0 Å². The van der Waals surface area contributed by atoms with Crippen molar-refractivity contribution < 1.29 is 0 Å². The third-order valence-electron chi connectivity index (χ3n) is 4.01. The van der Waals surface area contributed by atoms with Gasteiger partial charge in [0.05, 0.1) is 11.4 Å². The molecule has 0 saturated carbocycles. The highest BCUT2D eigenvalue weighted by atomic mass is 15.1. The van der Waals surface area contributed by atoms with Crippen molar-refractivity contribution in [2.75, 3.05) is 33.2 Å². The summed E-state index contributed by atoms with van der Waals surface area (Å²) >= 11 is 0. The van der Waals surface area contributed by atoms with E-state index < -0.39 is 0 Å². The highest BCUT2D eigenvalue weighted by Gasteiger charge is 2.11. The fourth-order valence-electron chi connectivity index (χ4n) is 2.61. The van der Waals surface area contributed by atoms with Gasteiger partial charge in [-0.1, -0.05) is 6.07 Å². The van der Waals surface area contributed by atoms with Gasteiger partial charge in [-0.05, 0) is 72.0 Å². The topological polar surface area (TPSA) is 40.2 Å². The van der Waals surface area contributed by atoms with Gasteiger partial charge in [0.2, 0.25) is 0 Å². The zero-order valence-corrected chi connectivity index (χ0v) is 13.0. The number of pyridine rings is 1. The number of nitrogens with one attached hydrogen (secondary N) is 2. The van der Waals surface area contributed by atoms with Crippen LogP contribution in [0.15, 0.2) is 18.2 Å². The summed E-state index contributed by atoms with van der Waals surface area (Å²) in [6, 6.07) is 6.98. The van der Waals surface area contributed by atoms with Gasteiger partial charge in [0.25, 0.3) is 0 Å². The average Bonchev–Trinajstić information content (AvgIpc) is 2.47. The van der Waals surface area contributed by atoms with E-state index in [0.717, 1.165) is 37.6 Å². The molecule has 2 rings (SSSR count). The van der Waals surface area contributed by atoms with Crippen LogP contribution in [0.3, 0.4) is 0 Å². The van der Waals surface area contributed by atoms with E-state index >= 15 is 0 Å². The predicted octanol–water partition coefficient (Wildman–Crippen LogP) is 2.11. The van der Waals surface area contributed by atoms with Crippen LogP contribution < -0.4 is 10.6 Å². The van der Waals surface area contributed by atoms with E-state index in [2.05, 4.69) is 54.6 Å². The Morgan fingerprint density at radius 2 is 1.50 bits per heavy atom. The average molecular weight is 276 g/mol. The van der Waals surface area contributed by atoms with Crippen LogP contribution in [0.1, 0.15) is 50.2 Å². The van der Waals surface area contributed by atoms with Crippen LogP contribution in [0, 0.1) is 0 Å². The molecule has 1 aliphatic heterocycles. The van der Waals surface area contributed by atoms with Gasteiger partial charge < -0.3 is 15.5 Å². The van der Waals surface area contributed by atoms with Crippen molar-refractivity contribution in [1.82, 2.24) is 20.5 Å². The maximum Gasteiger partial charge on any atom is 0.0574 e. The van der Waals surface area contributed by atoms with E-state index in [1.54, 1.807) is 0 Å². The van der Waals surface area contributed by atoms with Crippen LogP contribution in [-0.4, -0.2) is 43.1 Å². The van der Waals surface area contributed by atoms with Gasteiger partial charge in [-0.3, -0.25) is 4.98 Å². The fraction of sp³-hybridized carbons (Fsp3) is 0.688. The Morgan fingerprint density at radius 1 is 1.00 bits per heavy atom. The van der Waals surface area contributed by atoms with E-state index in [0.29, 0.717) is 12.1 Å². The van der Waals surface area contributed by atoms with E-state index in [9.17, 15) is 0 Å². The van der Waals surface area contributed by atoms with Gasteiger partial charge in [-0.15, -0.1) is 0 Å². The lowest BCUT2D eigenvalue weighted by Crippen LogP contribution is -2.30. The minimum atomic E-state index is 0.315. The molecule has 1 aromatic rings. The predicted molar refractivity (Wildman–Crippen MR) is 83.8 cm³/mol. The molecule has 112 valence electrons. The molecule has 2 atom stereocenters. The molecule has 0 saturated heterocycles. The Kier molecular flexibility index (Phi) is 5.95. The van der Waals surface area contributed by atoms with Crippen LogP contribution in [0.25, 0.3) is 0 Å². The highest BCUT2D eigenvalue weighted by molar-refractivity contribution is 5.16. The van der Waals surface area contributed by atoms with Crippen molar-refractivity contribution in [1.29, 1.82) is 0 Å². The van der Waals surface area contributed by atoms with Crippen LogP contribution in [0.2, 0.25) is 0 Å². The highest BCUT2D eigenvalue weighted by Crippen LogP contribution is 2.15. The zero-order valence-electron chi connectivity index (χ0n) is 13.0. The molecule has 0 spiro atoms. The molecular weight excluding hydrogens is 248 g/mol. The normalized spacial score (nSPS) is 26.9. The Bertz CT molecular complexity index is 374. The molecule has 1 aliphatic rings. The van der Waals surface area contributed by atoms with Crippen LogP contribution in [0.5, 0.6) is 0 Å². The second-order valence-electron chi connectivity index (χ2n) is 5.85. The first-order valence-corrected chi connectivity index (χ1v) is 7.79. The molecule has 2 unspecified atom stereocenters. The minimum absolute atomic E-state index is 0.315. The summed E-state index contributed by atoms with van der Waals surface area (Å²) < 4.78 is 0. The summed E-state index contributed by atoms with van der Waals surface area (Å²) in [4.78, 5) is 7.22. The number of hydrogen-bond acceptors (Lipinski definition) is 4. The molecule has 2 bridgehead atoms. The molecule has 4 nitrogen and oxygen atoms in total. The summed E-state index contributed by atoms with van der Waals surface area (Å²) in [5.41, 5.74) is 2.28. The molecule has 4 heteroatoms. The van der Waals surface area contributed by atoms with E-state index in [1.165, 1.54) is 12.8 Å². The van der Waals surface area contributed by atoms with Gasteiger partial charge in [0.1, 0.15) is 0 Å². The lowest BCUT2D eigenvalue weighted by Gasteiger charge is -2.21. The number of rotatable bonds is 0. The molecule has 0 aromatic carbocycles. The number of hydrogen-bond donors (Lipinski definition) is 2. The van der Waals surface area contributed by atoms with Crippen molar-refractivity contribution in [2.24, 2.45) is 0 Å². The molecular formula is C16H28N4. The SMILES string of the molecule is CC1NCCCN(C)CCCNC(C)c2cccc1n2. The number of aromatic nitrogens is 1. The standard InChI is InChI=1S/C16H28N4/c1-13-15-7-4-8-16(19-15)14(2)18-10-6-12-20(3)11-5-9-17-13/h4,7-8,13-14,17-18H,5-6,9-12H2,1-3H3. The largest absolute Gasteiger partial charge is 0.309 e. The Morgan fingerprint density at radius 3 is 2.00 bits per heavy atom. The van der Waals surface area contributed by atoms with Gasteiger partial charge in [0, 0.05) is 12.1 Å². The summed E-state index contributed by atoms with van der Waals surface area (Å²) in [7, 11) is 2.21. The van der Waals surface area contributed by atoms with Crippen LogP contribution >= 0.6 is 0 Å². The summed E-state index contributed by atoms with van der Waals surface area (Å²) in [6.45, 7) is 8.79. The molecule has 0 fully saturated rings. The third kappa shape index (κ3) is 4.54. The quantitative estimate of drug-likeness (QED) is 0.761. The van der Waals surface area contributed by atoms with Crippen molar-refractivity contribution in [3.63, 3.8) is 0 Å². The number of nitrogens with zero attached hydrogens (tertiary/aromatic N) is 2. The zero-order chi connectivity index (χ0) is 14.4. The summed E-state index contributed by atoms with van der Waals surface area (Å²) in [5.74, 6) is 0. The summed E-state index contributed by atoms with van der Waals surface area (Å²) in [6.07, 6.45) is 2.37. The summed E-state index contributed by atoms with van der Waals surface area (Å²) in [5, 5.41) is 7.14. The maximum atomic E-state index is 4.80. The Balaban J connectivity index is 2.08. The van der Waals surface area contributed by atoms with Gasteiger partial charge in [0.15, 0.2) is 0 Å². The molecule has 0 aliphatic carbocycles. The van der Waals surface area contributed by atoms with Gasteiger partial charge >= 0.3 is 0 Å². The monoisotopic (exact) mass is 276 g/mol. The van der Waals surface area contributed by atoms with E-state index in [-0.39, 0.29) is 0 Å². The third-order valence-corrected chi connectivity index (χ3v) is 4.01. The lowest BCUT2D eigenvalue weighted by molar-refractivity contribution is 0.314. The lowest BCUT2D eigenvalue weighted by atomic mass is 10.1. The van der Waals surface area contributed by atoms with E-state index in [1.807, 2.05) is 0 Å². The maximum absolute atomic E-state index is 4.80. The Hall–Kier alpha value is -0.970. The molecule has 1 aromatic heterocycles. The Labute approximate surface area is 123 Å². The minimum Gasteiger partial charge on any atom is -0.309 e. The molecule has 20 heavy (non-hydrogen) atoms. The number of fused-ring (bicyclic) bond motifs is 2. The van der Waals surface area contributed by atoms with E-state index in [4.69, 9.17) is 4.98 Å². The van der Waals surface area contributed by atoms with Crippen molar-refractivity contribution in [2.45, 2.75) is 38.8 Å². The second-order valence-corrected chi connectivity index (χ2v) is 5.85. The molecule has 0 amide bonds. The van der Waals surface area contributed by atoms with Gasteiger partial charge in [-0.25, -0.2) is 0 Å². The van der Waals surface area contributed by atoms with Crippen LogP contribution in [-0.2, 0) is 0 Å². The first-order valence-electron chi connectivity index (χ1n) is 7.79. The van der Waals surface area contributed by atoms with Crippen LogP contribution in [0.4, 0.5) is 0 Å².